The predicted octanol–water partition coefficient (Wildman–Crippen LogP) is 5.60. The number of halogens is 3. The average Bonchev–Trinajstić information content (AvgIpc) is 3.02. The molecule has 3 rings (SSSR count). The highest BCUT2D eigenvalue weighted by molar-refractivity contribution is 7.99. The Morgan fingerprint density at radius 1 is 1.13 bits per heavy atom. The summed E-state index contributed by atoms with van der Waals surface area (Å²) in [6.07, 6.45) is -4.13. The van der Waals surface area contributed by atoms with Gasteiger partial charge in [0.15, 0.2) is 5.16 Å². The van der Waals surface area contributed by atoms with E-state index in [1.54, 1.807) is 0 Å². The zero-order chi connectivity index (χ0) is 21.9. The molecule has 30 heavy (non-hydrogen) atoms. The third kappa shape index (κ3) is 5.18. The summed E-state index contributed by atoms with van der Waals surface area (Å²) >= 11 is 0.942. The molecule has 0 fully saturated rings. The summed E-state index contributed by atoms with van der Waals surface area (Å²) < 4.78 is 40.7. The van der Waals surface area contributed by atoms with Crippen molar-refractivity contribution < 1.29 is 18.1 Å². The summed E-state index contributed by atoms with van der Waals surface area (Å²) in [5.74, 6) is 0.935. The number of alkyl halides is 3. The number of benzene rings is 2. The molecule has 2 aromatic carbocycles. The number of nitrogens with zero attached hydrogens (tertiary/aromatic N) is 4. The lowest BCUT2D eigenvalue weighted by molar-refractivity contribution is -0.388. The molecule has 0 aliphatic rings. The van der Waals surface area contributed by atoms with Crippen LogP contribution in [-0.4, -0.2) is 19.7 Å². The van der Waals surface area contributed by atoms with Crippen molar-refractivity contribution in [3.63, 3.8) is 0 Å². The van der Waals surface area contributed by atoms with Gasteiger partial charge in [0.05, 0.1) is 15.4 Å². The fourth-order valence-corrected chi connectivity index (χ4v) is 3.82. The van der Waals surface area contributed by atoms with Crippen LogP contribution in [0.2, 0.25) is 0 Å². The van der Waals surface area contributed by atoms with Crippen molar-refractivity contribution in [1.29, 1.82) is 0 Å². The van der Waals surface area contributed by atoms with E-state index in [4.69, 9.17) is 0 Å². The first kappa shape index (κ1) is 21.8. The molecule has 10 heteroatoms. The standard InChI is InChI=1S/C20H19F3N4O2S/c1-13(2)12-26-18(10-14-6-4-3-5-7-14)24-25-19(26)30-17-9-8-15(20(21,22)23)11-16(17)27(28)29/h3-9,11,13H,10,12H2,1-2H3. The van der Waals surface area contributed by atoms with E-state index in [0.717, 1.165) is 29.5 Å². The highest BCUT2D eigenvalue weighted by Gasteiger charge is 2.33. The fourth-order valence-electron chi connectivity index (χ4n) is 2.87. The molecule has 158 valence electrons. The van der Waals surface area contributed by atoms with Crippen LogP contribution < -0.4 is 0 Å². The van der Waals surface area contributed by atoms with Crippen molar-refractivity contribution in [3.05, 3.63) is 75.6 Å². The van der Waals surface area contributed by atoms with Crippen molar-refractivity contribution in [2.24, 2.45) is 5.92 Å². The molecule has 1 heterocycles. The monoisotopic (exact) mass is 436 g/mol. The molecule has 3 aromatic rings. The third-order valence-corrected chi connectivity index (χ3v) is 5.28. The molecule has 0 saturated heterocycles. The van der Waals surface area contributed by atoms with Gasteiger partial charge in [0.25, 0.3) is 5.69 Å². The van der Waals surface area contributed by atoms with Crippen LogP contribution >= 0.6 is 11.8 Å². The molecule has 0 spiro atoms. The zero-order valence-electron chi connectivity index (χ0n) is 16.3. The second-order valence-electron chi connectivity index (χ2n) is 7.11. The normalized spacial score (nSPS) is 11.8. The Balaban J connectivity index is 1.97. The molecule has 0 bridgehead atoms. The van der Waals surface area contributed by atoms with Gasteiger partial charge in [-0.05, 0) is 35.4 Å². The first-order valence-electron chi connectivity index (χ1n) is 9.14. The molecule has 0 N–H and O–H groups in total. The van der Waals surface area contributed by atoms with Crippen LogP contribution in [0.5, 0.6) is 0 Å². The molecule has 6 nitrogen and oxygen atoms in total. The zero-order valence-corrected chi connectivity index (χ0v) is 17.1. The molecule has 0 radical (unpaired) electrons. The molecule has 0 aliphatic heterocycles. The minimum Gasteiger partial charge on any atom is -0.305 e. The predicted molar refractivity (Wildman–Crippen MR) is 106 cm³/mol. The Hall–Kier alpha value is -2.88. The van der Waals surface area contributed by atoms with Crippen molar-refractivity contribution >= 4 is 17.4 Å². The minimum absolute atomic E-state index is 0.0802. The van der Waals surface area contributed by atoms with Gasteiger partial charge in [-0.1, -0.05) is 44.2 Å². The largest absolute Gasteiger partial charge is 0.416 e. The van der Waals surface area contributed by atoms with Gasteiger partial charge in [-0.25, -0.2) is 0 Å². The maximum atomic E-state index is 13.0. The van der Waals surface area contributed by atoms with Gasteiger partial charge in [-0.15, -0.1) is 10.2 Å². The fraction of sp³-hybridized carbons (Fsp3) is 0.300. The highest BCUT2D eigenvalue weighted by Crippen LogP contribution is 2.39. The number of nitro groups is 1. The van der Waals surface area contributed by atoms with Gasteiger partial charge in [-0.3, -0.25) is 10.1 Å². The van der Waals surface area contributed by atoms with E-state index >= 15 is 0 Å². The van der Waals surface area contributed by atoms with Crippen molar-refractivity contribution in [2.75, 3.05) is 0 Å². The first-order valence-corrected chi connectivity index (χ1v) is 9.96. The molecule has 1 aromatic heterocycles. The van der Waals surface area contributed by atoms with E-state index in [1.807, 2.05) is 48.7 Å². The van der Waals surface area contributed by atoms with E-state index in [2.05, 4.69) is 10.2 Å². The van der Waals surface area contributed by atoms with Crippen LogP contribution in [0.25, 0.3) is 0 Å². The number of hydrogen-bond acceptors (Lipinski definition) is 5. The van der Waals surface area contributed by atoms with E-state index in [9.17, 15) is 23.3 Å². The number of hydrogen-bond donors (Lipinski definition) is 0. The van der Waals surface area contributed by atoms with Crippen LogP contribution in [0.4, 0.5) is 18.9 Å². The molecule has 0 amide bonds. The third-order valence-electron chi connectivity index (χ3n) is 4.23. The Bertz CT molecular complexity index is 1040. The quantitative estimate of drug-likeness (QED) is 0.356. The lowest BCUT2D eigenvalue weighted by Crippen LogP contribution is -2.10. The maximum Gasteiger partial charge on any atom is 0.416 e. The van der Waals surface area contributed by atoms with E-state index in [1.165, 1.54) is 0 Å². The molecule has 0 unspecified atom stereocenters. The molecular formula is C20H19F3N4O2S. The van der Waals surface area contributed by atoms with Crippen LogP contribution in [-0.2, 0) is 19.1 Å². The second kappa shape index (κ2) is 8.86. The van der Waals surface area contributed by atoms with Crippen LogP contribution in [0.1, 0.15) is 30.8 Å². The van der Waals surface area contributed by atoms with Gasteiger partial charge >= 0.3 is 6.18 Å². The maximum absolute atomic E-state index is 13.0. The van der Waals surface area contributed by atoms with Crippen molar-refractivity contribution in [3.8, 4) is 0 Å². The molecular weight excluding hydrogens is 417 g/mol. The van der Waals surface area contributed by atoms with Gasteiger partial charge in [0.1, 0.15) is 5.82 Å². The highest BCUT2D eigenvalue weighted by atomic mass is 32.2. The number of nitro benzene ring substituents is 1. The van der Waals surface area contributed by atoms with Crippen molar-refractivity contribution in [1.82, 2.24) is 14.8 Å². The molecule has 0 aliphatic carbocycles. The summed E-state index contributed by atoms with van der Waals surface area (Å²) in [5, 5.41) is 20.2. The van der Waals surface area contributed by atoms with Gasteiger partial charge in [0, 0.05) is 19.0 Å². The van der Waals surface area contributed by atoms with Crippen LogP contribution in [0.3, 0.4) is 0 Å². The second-order valence-corrected chi connectivity index (χ2v) is 8.11. The molecule has 0 saturated carbocycles. The lowest BCUT2D eigenvalue weighted by atomic mass is 10.1. The van der Waals surface area contributed by atoms with E-state index < -0.39 is 22.4 Å². The smallest absolute Gasteiger partial charge is 0.305 e. The Labute approximate surface area is 175 Å². The SMILES string of the molecule is CC(C)Cn1c(Cc2ccccc2)nnc1Sc1ccc(C(F)(F)F)cc1[N+](=O)[O-]. The summed E-state index contributed by atoms with van der Waals surface area (Å²) in [6.45, 7) is 4.61. The van der Waals surface area contributed by atoms with Gasteiger partial charge < -0.3 is 4.57 Å². The van der Waals surface area contributed by atoms with E-state index in [-0.39, 0.29) is 10.8 Å². The Morgan fingerprint density at radius 3 is 2.43 bits per heavy atom. The summed E-state index contributed by atoms with van der Waals surface area (Å²) in [4.78, 5) is 10.6. The van der Waals surface area contributed by atoms with E-state index in [0.29, 0.717) is 30.0 Å². The van der Waals surface area contributed by atoms with Crippen LogP contribution in [0.15, 0.2) is 58.6 Å². The Morgan fingerprint density at radius 2 is 1.83 bits per heavy atom. The van der Waals surface area contributed by atoms with Crippen molar-refractivity contribution in [2.45, 2.75) is 43.0 Å². The molecule has 0 atom stereocenters. The number of aromatic nitrogens is 3. The van der Waals surface area contributed by atoms with Gasteiger partial charge in [-0.2, -0.15) is 13.2 Å². The Kier molecular flexibility index (Phi) is 6.45. The first-order chi connectivity index (χ1) is 14.1. The number of rotatable bonds is 7. The summed E-state index contributed by atoms with van der Waals surface area (Å²) in [6, 6.07) is 12.2. The lowest BCUT2D eigenvalue weighted by Gasteiger charge is -2.13. The average molecular weight is 436 g/mol. The summed E-state index contributed by atoms with van der Waals surface area (Å²) in [5.41, 5.74) is -0.641. The van der Waals surface area contributed by atoms with Gasteiger partial charge in [0.2, 0.25) is 0 Å². The van der Waals surface area contributed by atoms with Crippen LogP contribution in [0, 0.1) is 16.0 Å². The topological polar surface area (TPSA) is 73.8 Å². The summed E-state index contributed by atoms with van der Waals surface area (Å²) in [7, 11) is 0. The minimum atomic E-state index is -4.66.